The molecule has 0 aliphatic carbocycles. The summed E-state index contributed by atoms with van der Waals surface area (Å²) < 4.78 is 16.3. The minimum absolute atomic E-state index is 0.0481. The van der Waals surface area contributed by atoms with Crippen LogP contribution in [0.25, 0.3) is 11.7 Å². The first-order valence-corrected chi connectivity index (χ1v) is 9.93. The van der Waals surface area contributed by atoms with Crippen molar-refractivity contribution in [2.45, 2.75) is 12.8 Å². The first-order valence-electron chi connectivity index (χ1n) is 9.93. The van der Waals surface area contributed by atoms with Gasteiger partial charge in [-0.05, 0) is 18.2 Å². The van der Waals surface area contributed by atoms with Crippen LogP contribution in [0.5, 0.6) is 0 Å². The molecule has 160 valence electrons. The number of anilines is 2. The minimum atomic E-state index is -0.980. The van der Waals surface area contributed by atoms with E-state index in [-0.39, 0.29) is 17.8 Å². The van der Waals surface area contributed by atoms with Crippen molar-refractivity contribution < 1.29 is 18.4 Å². The molecule has 1 atom stereocenters. The fourth-order valence-electron chi connectivity index (χ4n) is 3.39. The summed E-state index contributed by atoms with van der Waals surface area (Å²) in [7, 11) is 1.58. The molecule has 2 aromatic carbocycles. The fourth-order valence-corrected chi connectivity index (χ4v) is 3.39. The molecule has 9 nitrogen and oxygen atoms in total. The van der Waals surface area contributed by atoms with Crippen molar-refractivity contribution in [3.63, 3.8) is 0 Å². The Labute approximate surface area is 183 Å². The number of carbonyl (C=O) groups is 1. The number of benzene rings is 2. The van der Waals surface area contributed by atoms with Gasteiger partial charge < -0.3 is 24.2 Å². The zero-order chi connectivity index (χ0) is 21.9. The number of nitrogens with zero attached hydrogens (tertiary/aromatic N) is 3. The van der Waals surface area contributed by atoms with E-state index >= 15 is 0 Å². The summed E-state index contributed by atoms with van der Waals surface area (Å²) in [5.74, 6) is 0.875. The molecule has 5 rings (SSSR count). The van der Waals surface area contributed by atoms with Crippen LogP contribution < -0.4 is 10.6 Å². The second-order valence-corrected chi connectivity index (χ2v) is 7.04. The third-order valence-corrected chi connectivity index (χ3v) is 4.84. The Kier molecular flexibility index (Phi) is 5.22. The van der Waals surface area contributed by atoms with E-state index in [1.165, 1.54) is 0 Å². The number of para-hydroxylation sites is 1. The number of rotatable bonds is 6. The van der Waals surface area contributed by atoms with E-state index in [1.807, 2.05) is 54.6 Å². The third-order valence-electron chi connectivity index (χ3n) is 4.84. The lowest BCUT2D eigenvalue weighted by molar-refractivity contribution is -0.116. The second kappa shape index (κ2) is 8.48. The van der Waals surface area contributed by atoms with Gasteiger partial charge in [-0.1, -0.05) is 53.6 Å². The molecule has 0 radical (unpaired) electrons. The number of carbonyl (C=O) groups excluding carboxylic acids is 1. The van der Waals surface area contributed by atoms with Crippen LogP contribution in [-0.2, 0) is 16.1 Å². The highest BCUT2D eigenvalue weighted by atomic mass is 16.5. The van der Waals surface area contributed by atoms with E-state index in [0.717, 1.165) is 11.1 Å². The molecule has 2 N–H and O–H groups in total. The summed E-state index contributed by atoms with van der Waals surface area (Å²) in [5.41, 5.74) is 3.06. The van der Waals surface area contributed by atoms with Crippen LogP contribution in [0, 0.1) is 0 Å². The Morgan fingerprint density at radius 2 is 1.81 bits per heavy atom. The maximum absolute atomic E-state index is 12.9. The Morgan fingerprint density at radius 3 is 2.66 bits per heavy atom. The van der Waals surface area contributed by atoms with Crippen molar-refractivity contribution in [2.75, 3.05) is 17.7 Å². The standard InChI is InChI=1S/C23H19N5O4/c1-30-13-15-11-12-18(31-15)22-27-28-23(32-22)26-20-21(29)24-17-10-6-5-9-16(17)19(25-20)14-7-3-2-4-8-14/h2-12,20H,13H2,1H3,(H,24,29)(H,26,28)/t20-/m1/s1. The summed E-state index contributed by atoms with van der Waals surface area (Å²) in [6, 6.07) is 20.7. The summed E-state index contributed by atoms with van der Waals surface area (Å²) in [6.07, 6.45) is -0.980. The molecule has 32 heavy (non-hydrogen) atoms. The van der Waals surface area contributed by atoms with Crippen molar-refractivity contribution in [1.29, 1.82) is 0 Å². The van der Waals surface area contributed by atoms with E-state index in [0.29, 0.717) is 29.5 Å². The highest BCUT2D eigenvalue weighted by molar-refractivity contribution is 6.19. The van der Waals surface area contributed by atoms with Crippen molar-refractivity contribution >= 4 is 23.3 Å². The van der Waals surface area contributed by atoms with E-state index in [2.05, 4.69) is 20.8 Å². The summed E-state index contributed by atoms with van der Waals surface area (Å²) in [4.78, 5) is 17.6. The summed E-state index contributed by atoms with van der Waals surface area (Å²) >= 11 is 0. The first kappa shape index (κ1) is 19.7. The van der Waals surface area contributed by atoms with Crippen LogP contribution in [0.15, 0.2) is 80.6 Å². The molecule has 1 aliphatic heterocycles. The van der Waals surface area contributed by atoms with Gasteiger partial charge in [0.15, 0.2) is 5.76 Å². The van der Waals surface area contributed by atoms with Crippen LogP contribution in [0.2, 0.25) is 0 Å². The molecular weight excluding hydrogens is 410 g/mol. The number of ether oxygens (including phenoxy) is 1. The number of amides is 1. The number of benzodiazepines with no additional fused rings is 1. The van der Waals surface area contributed by atoms with E-state index in [4.69, 9.17) is 18.6 Å². The minimum Gasteiger partial charge on any atom is -0.453 e. The van der Waals surface area contributed by atoms with Gasteiger partial charge in [0, 0.05) is 18.2 Å². The topological polar surface area (TPSA) is 115 Å². The molecule has 2 aromatic heterocycles. The van der Waals surface area contributed by atoms with Gasteiger partial charge in [-0.15, -0.1) is 5.10 Å². The van der Waals surface area contributed by atoms with Gasteiger partial charge in [0.25, 0.3) is 11.8 Å². The number of hydrogen-bond acceptors (Lipinski definition) is 8. The van der Waals surface area contributed by atoms with Crippen LogP contribution in [0.4, 0.5) is 11.7 Å². The maximum Gasteiger partial charge on any atom is 0.317 e. The molecule has 0 fully saturated rings. The Balaban J connectivity index is 1.46. The third kappa shape index (κ3) is 3.88. The molecule has 0 unspecified atom stereocenters. The van der Waals surface area contributed by atoms with Gasteiger partial charge in [-0.3, -0.25) is 4.79 Å². The SMILES string of the molecule is COCc1ccc(-c2nnc(N[C@H]3N=C(c4ccccc4)c4ccccc4NC3=O)o2)o1. The van der Waals surface area contributed by atoms with E-state index in [1.54, 1.807) is 19.2 Å². The fraction of sp³-hybridized carbons (Fsp3) is 0.130. The predicted octanol–water partition coefficient (Wildman–Crippen LogP) is 3.70. The normalized spacial score (nSPS) is 15.5. The highest BCUT2D eigenvalue weighted by Gasteiger charge is 2.27. The number of nitrogens with one attached hydrogen (secondary N) is 2. The van der Waals surface area contributed by atoms with Crippen LogP contribution in [-0.4, -0.2) is 35.1 Å². The zero-order valence-corrected chi connectivity index (χ0v) is 17.1. The van der Waals surface area contributed by atoms with Crippen molar-refractivity contribution in [3.8, 4) is 11.7 Å². The van der Waals surface area contributed by atoms with Gasteiger partial charge in [-0.25, -0.2) is 4.99 Å². The Hall–Kier alpha value is -4.24. The first-order chi connectivity index (χ1) is 15.7. The van der Waals surface area contributed by atoms with Gasteiger partial charge in [0.1, 0.15) is 12.4 Å². The highest BCUT2D eigenvalue weighted by Crippen LogP contribution is 2.26. The Bertz CT molecular complexity index is 1280. The summed E-state index contributed by atoms with van der Waals surface area (Å²) in [5, 5.41) is 13.8. The van der Waals surface area contributed by atoms with E-state index in [9.17, 15) is 4.79 Å². The average molecular weight is 429 g/mol. The number of methoxy groups -OCH3 is 1. The molecule has 4 aromatic rings. The van der Waals surface area contributed by atoms with E-state index < -0.39 is 6.17 Å². The number of aromatic nitrogens is 2. The van der Waals surface area contributed by atoms with Crippen LogP contribution in [0.1, 0.15) is 16.9 Å². The number of hydrogen-bond donors (Lipinski definition) is 2. The average Bonchev–Trinajstić information content (AvgIpc) is 3.44. The molecule has 0 bridgehead atoms. The molecule has 9 heteroatoms. The van der Waals surface area contributed by atoms with Gasteiger partial charge >= 0.3 is 6.01 Å². The van der Waals surface area contributed by atoms with Gasteiger partial charge in [0.2, 0.25) is 6.17 Å². The lowest BCUT2D eigenvalue weighted by atomic mass is 10.0. The molecule has 1 amide bonds. The predicted molar refractivity (Wildman–Crippen MR) is 117 cm³/mol. The molecule has 0 saturated carbocycles. The van der Waals surface area contributed by atoms with Gasteiger partial charge in [0.05, 0.1) is 11.4 Å². The molecular formula is C23H19N5O4. The number of fused-ring (bicyclic) bond motifs is 1. The summed E-state index contributed by atoms with van der Waals surface area (Å²) in [6.45, 7) is 0.332. The van der Waals surface area contributed by atoms with Crippen molar-refractivity contribution in [3.05, 3.63) is 83.6 Å². The lowest BCUT2D eigenvalue weighted by Crippen LogP contribution is -2.32. The quantitative estimate of drug-likeness (QED) is 0.480. The number of furan rings is 1. The second-order valence-electron chi connectivity index (χ2n) is 7.04. The smallest absolute Gasteiger partial charge is 0.317 e. The largest absolute Gasteiger partial charge is 0.453 e. The maximum atomic E-state index is 12.9. The lowest BCUT2D eigenvalue weighted by Gasteiger charge is -2.11. The zero-order valence-electron chi connectivity index (χ0n) is 17.1. The molecule has 0 saturated heterocycles. The van der Waals surface area contributed by atoms with Crippen molar-refractivity contribution in [1.82, 2.24) is 10.2 Å². The number of aliphatic imine (C=N–C) groups is 1. The monoisotopic (exact) mass is 429 g/mol. The van der Waals surface area contributed by atoms with Crippen LogP contribution >= 0.6 is 0 Å². The van der Waals surface area contributed by atoms with Gasteiger partial charge in [-0.2, -0.15) is 0 Å². The van der Waals surface area contributed by atoms with Crippen molar-refractivity contribution in [2.24, 2.45) is 4.99 Å². The Morgan fingerprint density at radius 1 is 1.00 bits per heavy atom. The van der Waals surface area contributed by atoms with Crippen LogP contribution in [0.3, 0.4) is 0 Å². The molecule has 1 aliphatic rings. The molecule has 3 heterocycles. The molecule has 0 spiro atoms.